The first-order chi connectivity index (χ1) is 12.4. The molecule has 0 aliphatic heterocycles. The Morgan fingerprint density at radius 3 is 1.96 bits per heavy atom. The lowest BCUT2D eigenvalue weighted by Gasteiger charge is -2.26. The molecule has 1 heteroatoms. The molecule has 0 bridgehead atoms. The van der Waals surface area contributed by atoms with Crippen molar-refractivity contribution in [2.24, 2.45) is 0 Å². The highest BCUT2D eigenvalue weighted by molar-refractivity contribution is 6.25. The topological polar surface area (TPSA) is 3.24 Å². The maximum Gasteiger partial charge on any atom is 0.0490 e. The van der Waals surface area contributed by atoms with Crippen LogP contribution in [0.3, 0.4) is 0 Å². The van der Waals surface area contributed by atoms with Gasteiger partial charge in [0.1, 0.15) is 0 Å². The van der Waals surface area contributed by atoms with E-state index >= 15 is 0 Å². The summed E-state index contributed by atoms with van der Waals surface area (Å²) in [4.78, 5) is 2.39. The zero-order valence-corrected chi connectivity index (χ0v) is 14.2. The van der Waals surface area contributed by atoms with Crippen molar-refractivity contribution in [3.05, 3.63) is 84.9 Å². The van der Waals surface area contributed by atoms with Crippen LogP contribution in [0.5, 0.6) is 0 Å². The lowest BCUT2D eigenvalue weighted by atomic mass is 9.93. The van der Waals surface area contributed by atoms with E-state index in [1.54, 1.807) is 0 Å². The van der Waals surface area contributed by atoms with Gasteiger partial charge in [-0.05, 0) is 52.1 Å². The number of anilines is 2. The Morgan fingerprint density at radius 1 is 0.600 bits per heavy atom. The molecule has 0 unspecified atom stereocenters. The fraction of sp³-hybridized carbons (Fsp3) is 0.0833. The van der Waals surface area contributed by atoms with Crippen LogP contribution in [0.4, 0.5) is 11.4 Å². The summed E-state index contributed by atoms with van der Waals surface area (Å²) in [6, 6.07) is 30.7. The van der Waals surface area contributed by atoms with Crippen molar-refractivity contribution in [3.63, 3.8) is 0 Å². The van der Waals surface area contributed by atoms with Crippen LogP contribution in [-0.4, -0.2) is 6.54 Å². The smallest absolute Gasteiger partial charge is 0.0490 e. The van der Waals surface area contributed by atoms with Gasteiger partial charge in [0.15, 0.2) is 0 Å². The molecule has 0 heterocycles. The molecule has 0 saturated carbocycles. The molecule has 0 radical (unpaired) electrons. The molecule has 0 aliphatic carbocycles. The lowest BCUT2D eigenvalue weighted by Crippen LogP contribution is -2.16. The van der Waals surface area contributed by atoms with Crippen molar-refractivity contribution in [2.75, 3.05) is 11.4 Å². The molecule has 0 spiro atoms. The lowest BCUT2D eigenvalue weighted by molar-refractivity contribution is 1.03. The molecule has 0 N–H and O–H groups in total. The van der Waals surface area contributed by atoms with Gasteiger partial charge in [-0.15, -0.1) is 0 Å². The average molecular weight is 321 g/mol. The van der Waals surface area contributed by atoms with E-state index in [0.717, 1.165) is 6.54 Å². The summed E-state index contributed by atoms with van der Waals surface area (Å²) in [6.45, 7) is 3.15. The Balaban J connectivity index is 1.87. The van der Waals surface area contributed by atoms with Crippen molar-refractivity contribution in [1.82, 2.24) is 0 Å². The summed E-state index contributed by atoms with van der Waals surface area (Å²) in [6.07, 6.45) is 0. The van der Waals surface area contributed by atoms with Crippen molar-refractivity contribution in [1.29, 1.82) is 0 Å². The number of benzene rings is 5. The Hall–Kier alpha value is -3.06. The molecular formula is C24H19N. The van der Waals surface area contributed by atoms with Crippen LogP contribution in [0.15, 0.2) is 84.9 Å². The first kappa shape index (κ1) is 14.3. The van der Waals surface area contributed by atoms with Crippen molar-refractivity contribution >= 4 is 43.7 Å². The number of rotatable bonds is 3. The van der Waals surface area contributed by atoms with Crippen LogP contribution < -0.4 is 4.90 Å². The summed E-state index contributed by atoms with van der Waals surface area (Å²) < 4.78 is 0. The van der Waals surface area contributed by atoms with Crippen LogP contribution in [0.2, 0.25) is 0 Å². The summed E-state index contributed by atoms with van der Waals surface area (Å²) in [5.41, 5.74) is 2.51. The van der Waals surface area contributed by atoms with E-state index in [0.29, 0.717) is 0 Å². The average Bonchev–Trinajstić information content (AvgIpc) is 2.68. The van der Waals surface area contributed by atoms with Crippen LogP contribution in [0.25, 0.3) is 32.3 Å². The third kappa shape index (κ3) is 2.09. The van der Waals surface area contributed by atoms with E-state index in [1.165, 1.54) is 43.7 Å². The van der Waals surface area contributed by atoms with Gasteiger partial charge in [-0.25, -0.2) is 0 Å². The first-order valence-corrected chi connectivity index (χ1v) is 8.86. The molecule has 5 aromatic carbocycles. The number of hydrogen-bond acceptors (Lipinski definition) is 1. The summed E-state index contributed by atoms with van der Waals surface area (Å²) in [7, 11) is 0. The normalized spacial score (nSPS) is 11.6. The third-order valence-corrected chi connectivity index (χ3v) is 5.18. The van der Waals surface area contributed by atoms with Gasteiger partial charge in [-0.3, -0.25) is 0 Å². The van der Waals surface area contributed by atoms with Crippen LogP contribution in [0, 0.1) is 0 Å². The molecule has 0 aliphatic rings. The fourth-order valence-corrected chi connectivity index (χ4v) is 4.06. The molecule has 0 fully saturated rings. The SMILES string of the molecule is CCN(c1ccccc1)c1ccc2ccc3cccc4ccc1c2c34. The predicted molar refractivity (Wildman–Crippen MR) is 109 cm³/mol. The maximum atomic E-state index is 2.39. The van der Waals surface area contributed by atoms with Crippen LogP contribution in [0.1, 0.15) is 6.92 Å². The standard InChI is InChI=1S/C24H19N/c1-2-25(20-9-4-3-5-10-20)22-16-14-19-12-11-17-7-6-8-18-13-15-21(22)24(19)23(17)18/h3-16H,2H2,1H3. The molecule has 120 valence electrons. The highest BCUT2D eigenvalue weighted by Crippen LogP contribution is 2.40. The molecular weight excluding hydrogens is 302 g/mol. The minimum atomic E-state index is 0.938. The van der Waals surface area contributed by atoms with Crippen molar-refractivity contribution in [2.45, 2.75) is 6.92 Å². The molecule has 5 aromatic rings. The highest BCUT2D eigenvalue weighted by atomic mass is 15.1. The van der Waals surface area contributed by atoms with Gasteiger partial charge in [0.2, 0.25) is 0 Å². The summed E-state index contributed by atoms with van der Waals surface area (Å²) >= 11 is 0. The molecule has 1 nitrogen and oxygen atoms in total. The van der Waals surface area contributed by atoms with Crippen molar-refractivity contribution in [3.8, 4) is 0 Å². The van der Waals surface area contributed by atoms with Gasteiger partial charge in [0.05, 0.1) is 0 Å². The Labute approximate surface area is 147 Å². The summed E-state index contributed by atoms with van der Waals surface area (Å²) in [5, 5.41) is 8.02. The highest BCUT2D eigenvalue weighted by Gasteiger charge is 2.14. The molecule has 0 saturated heterocycles. The van der Waals surface area contributed by atoms with Crippen LogP contribution in [-0.2, 0) is 0 Å². The molecule has 25 heavy (non-hydrogen) atoms. The van der Waals surface area contributed by atoms with Gasteiger partial charge >= 0.3 is 0 Å². The summed E-state index contributed by atoms with van der Waals surface area (Å²) in [5.74, 6) is 0. The monoisotopic (exact) mass is 321 g/mol. The zero-order chi connectivity index (χ0) is 16.8. The van der Waals surface area contributed by atoms with E-state index in [9.17, 15) is 0 Å². The quantitative estimate of drug-likeness (QED) is 0.332. The number of para-hydroxylation sites is 1. The van der Waals surface area contributed by atoms with Gasteiger partial charge in [0, 0.05) is 23.3 Å². The van der Waals surface area contributed by atoms with Gasteiger partial charge in [-0.1, -0.05) is 66.7 Å². The molecule has 0 atom stereocenters. The minimum absolute atomic E-state index is 0.938. The van der Waals surface area contributed by atoms with Gasteiger partial charge in [-0.2, -0.15) is 0 Å². The first-order valence-electron chi connectivity index (χ1n) is 8.86. The molecule has 5 rings (SSSR count). The number of hydrogen-bond donors (Lipinski definition) is 0. The predicted octanol–water partition coefficient (Wildman–Crippen LogP) is 6.74. The van der Waals surface area contributed by atoms with Gasteiger partial charge in [0.25, 0.3) is 0 Å². The largest absolute Gasteiger partial charge is 0.341 e. The fourth-order valence-electron chi connectivity index (χ4n) is 4.06. The maximum absolute atomic E-state index is 2.39. The Bertz CT molecular complexity index is 1160. The number of nitrogens with zero attached hydrogens (tertiary/aromatic N) is 1. The van der Waals surface area contributed by atoms with Gasteiger partial charge < -0.3 is 4.90 Å². The van der Waals surface area contributed by atoms with E-state index in [4.69, 9.17) is 0 Å². The zero-order valence-electron chi connectivity index (χ0n) is 14.2. The van der Waals surface area contributed by atoms with Crippen molar-refractivity contribution < 1.29 is 0 Å². The second-order valence-corrected chi connectivity index (χ2v) is 6.52. The second-order valence-electron chi connectivity index (χ2n) is 6.52. The third-order valence-electron chi connectivity index (χ3n) is 5.18. The van der Waals surface area contributed by atoms with Crippen LogP contribution >= 0.6 is 0 Å². The van der Waals surface area contributed by atoms with E-state index in [-0.39, 0.29) is 0 Å². The van der Waals surface area contributed by atoms with E-state index in [2.05, 4.69) is 96.8 Å². The molecule has 0 amide bonds. The van der Waals surface area contributed by atoms with E-state index in [1.807, 2.05) is 0 Å². The second kappa shape index (κ2) is 5.49. The minimum Gasteiger partial charge on any atom is -0.341 e. The Kier molecular flexibility index (Phi) is 3.14. The van der Waals surface area contributed by atoms with E-state index < -0.39 is 0 Å². The molecule has 0 aromatic heterocycles. The Morgan fingerprint density at radius 2 is 1.24 bits per heavy atom.